The van der Waals surface area contributed by atoms with E-state index < -0.39 is 11.8 Å². The van der Waals surface area contributed by atoms with Gasteiger partial charge < -0.3 is 15.3 Å². The molecule has 26 heavy (non-hydrogen) atoms. The Labute approximate surface area is 151 Å². The molecule has 2 aliphatic rings. The lowest BCUT2D eigenvalue weighted by Crippen LogP contribution is -2.45. The zero-order chi connectivity index (χ0) is 18.9. The highest BCUT2D eigenvalue weighted by atomic mass is 19.4. The van der Waals surface area contributed by atoms with Crippen molar-refractivity contribution >= 4 is 5.91 Å². The molecule has 0 bridgehead atoms. The highest BCUT2D eigenvalue weighted by molar-refractivity contribution is 5.94. The summed E-state index contributed by atoms with van der Waals surface area (Å²) in [5.41, 5.74) is -2.92. The lowest BCUT2D eigenvalue weighted by molar-refractivity contribution is -0.258. The monoisotopic (exact) mass is 370 g/mol. The number of benzene rings is 1. The fourth-order valence-electron chi connectivity index (χ4n) is 3.30. The average Bonchev–Trinajstić information content (AvgIpc) is 3.40. The Kier molecular flexibility index (Phi) is 5.30. The number of hydrogen-bond acceptors (Lipinski definition) is 3. The zero-order valence-corrected chi connectivity index (χ0v) is 14.9. The van der Waals surface area contributed by atoms with Gasteiger partial charge >= 0.3 is 6.18 Å². The molecule has 3 rings (SSSR count). The van der Waals surface area contributed by atoms with Crippen LogP contribution in [0.1, 0.15) is 48.5 Å². The zero-order valence-electron chi connectivity index (χ0n) is 14.9. The third-order valence-corrected chi connectivity index (χ3v) is 5.40. The van der Waals surface area contributed by atoms with Gasteiger partial charge in [0, 0.05) is 31.2 Å². The number of amides is 1. The highest BCUT2D eigenvalue weighted by Crippen LogP contribution is 2.38. The number of aliphatic hydroxyl groups is 1. The maximum absolute atomic E-state index is 12.9. The van der Waals surface area contributed by atoms with Crippen LogP contribution in [0.4, 0.5) is 13.2 Å². The molecule has 2 N–H and O–H groups in total. The van der Waals surface area contributed by atoms with Crippen molar-refractivity contribution in [3.63, 3.8) is 0 Å². The first-order valence-corrected chi connectivity index (χ1v) is 9.09. The van der Waals surface area contributed by atoms with Crippen LogP contribution in [0.5, 0.6) is 0 Å². The quantitative estimate of drug-likeness (QED) is 0.838. The van der Waals surface area contributed by atoms with E-state index in [2.05, 4.69) is 10.2 Å². The van der Waals surface area contributed by atoms with Gasteiger partial charge in [0.15, 0.2) is 5.60 Å². The number of carbonyl (C=O) groups is 1. The molecule has 144 valence electrons. The van der Waals surface area contributed by atoms with Gasteiger partial charge in [0.1, 0.15) is 0 Å². The number of nitrogens with one attached hydrogen (secondary N) is 1. The summed E-state index contributed by atoms with van der Waals surface area (Å²) in [5, 5.41) is 12.6. The van der Waals surface area contributed by atoms with E-state index in [1.54, 1.807) is 0 Å². The molecule has 1 heterocycles. The first-order chi connectivity index (χ1) is 12.2. The van der Waals surface area contributed by atoms with Crippen molar-refractivity contribution in [2.75, 3.05) is 19.6 Å². The third kappa shape index (κ3) is 4.38. The standard InChI is InChI=1S/C19H25F3N2O2/c1-18(26,19(20,21)22)15-6-4-14(5-7-15)17(25)23-16-8-10-24(11-9-16)12-13-2-3-13/h4-7,13,16,26H,2-3,8-12H2,1H3,(H,23,25). The minimum atomic E-state index is -4.77. The van der Waals surface area contributed by atoms with Crippen LogP contribution in [0.15, 0.2) is 24.3 Å². The van der Waals surface area contributed by atoms with Gasteiger partial charge in [-0.15, -0.1) is 0 Å². The van der Waals surface area contributed by atoms with Gasteiger partial charge in [-0.3, -0.25) is 4.79 Å². The molecule has 2 fully saturated rings. The summed E-state index contributed by atoms with van der Waals surface area (Å²) < 4.78 is 38.6. The van der Waals surface area contributed by atoms with E-state index in [1.165, 1.54) is 25.0 Å². The van der Waals surface area contributed by atoms with Crippen molar-refractivity contribution in [3.05, 3.63) is 35.4 Å². The molecular formula is C19H25F3N2O2. The van der Waals surface area contributed by atoms with Gasteiger partial charge in [0.05, 0.1) is 0 Å². The second-order valence-electron chi connectivity index (χ2n) is 7.64. The highest BCUT2D eigenvalue weighted by Gasteiger charge is 2.51. The molecule has 0 aromatic heterocycles. The molecule has 1 aliphatic heterocycles. The normalized spacial score (nSPS) is 22.0. The van der Waals surface area contributed by atoms with Crippen LogP contribution in [0.2, 0.25) is 0 Å². The molecule has 1 aromatic rings. The largest absolute Gasteiger partial charge is 0.421 e. The van der Waals surface area contributed by atoms with E-state index in [9.17, 15) is 23.1 Å². The summed E-state index contributed by atoms with van der Waals surface area (Å²) in [7, 11) is 0. The molecule has 1 saturated heterocycles. The van der Waals surface area contributed by atoms with Crippen LogP contribution in [0, 0.1) is 5.92 Å². The summed E-state index contributed by atoms with van der Waals surface area (Å²) >= 11 is 0. The number of piperidine rings is 1. The Hall–Kier alpha value is -1.60. The summed E-state index contributed by atoms with van der Waals surface area (Å²) in [6.45, 7) is 3.79. The first kappa shape index (κ1) is 19.2. The average molecular weight is 370 g/mol. The number of alkyl halides is 3. The van der Waals surface area contributed by atoms with Crippen LogP contribution in [-0.4, -0.2) is 47.8 Å². The van der Waals surface area contributed by atoms with Gasteiger partial charge in [0.2, 0.25) is 0 Å². The van der Waals surface area contributed by atoms with Gasteiger partial charge in [-0.05, 0) is 56.2 Å². The lowest BCUT2D eigenvalue weighted by atomic mass is 9.94. The van der Waals surface area contributed by atoms with Crippen molar-refractivity contribution in [2.45, 2.75) is 50.4 Å². The topological polar surface area (TPSA) is 52.6 Å². The van der Waals surface area contributed by atoms with E-state index >= 15 is 0 Å². The second-order valence-corrected chi connectivity index (χ2v) is 7.64. The van der Waals surface area contributed by atoms with Crippen LogP contribution < -0.4 is 5.32 Å². The maximum Gasteiger partial charge on any atom is 0.421 e. The Morgan fingerprint density at radius 3 is 2.23 bits per heavy atom. The fourth-order valence-corrected chi connectivity index (χ4v) is 3.30. The van der Waals surface area contributed by atoms with Crippen molar-refractivity contribution in [3.8, 4) is 0 Å². The number of nitrogens with zero attached hydrogens (tertiary/aromatic N) is 1. The number of rotatable bonds is 5. The van der Waals surface area contributed by atoms with Crippen molar-refractivity contribution in [1.82, 2.24) is 10.2 Å². The molecule has 1 amide bonds. The van der Waals surface area contributed by atoms with Crippen LogP contribution in [0.3, 0.4) is 0 Å². The van der Waals surface area contributed by atoms with Crippen LogP contribution in [0.25, 0.3) is 0 Å². The fraction of sp³-hybridized carbons (Fsp3) is 0.632. The first-order valence-electron chi connectivity index (χ1n) is 9.09. The Bertz CT molecular complexity index is 631. The molecule has 1 saturated carbocycles. The van der Waals surface area contributed by atoms with E-state index in [4.69, 9.17) is 0 Å². The number of halogens is 3. The summed E-state index contributed by atoms with van der Waals surface area (Å²) in [6, 6.07) is 5.05. The Morgan fingerprint density at radius 1 is 1.15 bits per heavy atom. The third-order valence-electron chi connectivity index (χ3n) is 5.40. The number of hydrogen-bond donors (Lipinski definition) is 2. The molecule has 7 heteroatoms. The predicted octanol–water partition coefficient (Wildman–Crippen LogP) is 3.06. The van der Waals surface area contributed by atoms with Gasteiger partial charge in [0.25, 0.3) is 5.91 Å². The minimum absolute atomic E-state index is 0.0934. The van der Waals surface area contributed by atoms with Crippen molar-refractivity contribution in [1.29, 1.82) is 0 Å². The number of carbonyl (C=O) groups excluding carboxylic acids is 1. The second kappa shape index (κ2) is 7.19. The summed E-state index contributed by atoms with van der Waals surface area (Å²) in [4.78, 5) is 14.8. The minimum Gasteiger partial charge on any atom is -0.376 e. The molecule has 0 radical (unpaired) electrons. The summed E-state index contributed by atoms with van der Waals surface area (Å²) in [6.07, 6.45) is -0.342. The molecule has 4 nitrogen and oxygen atoms in total. The molecule has 1 aliphatic carbocycles. The van der Waals surface area contributed by atoms with Crippen LogP contribution in [-0.2, 0) is 5.60 Å². The SMILES string of the molecule is CC(O)(c1ccc(C(=O)NC2CCN(CC3CC3)CC2)cc1)C(F)(F)F. The molecule has 0 spiro atoms. The van der Waals surface area contributed by atoms with Crippen LogP contribution >= 0.6 is 0 Å². The predicted molar refractivity (Wildman–Crippen MR) is 91.7 cm³/mol. The maximum atomic E-state index is 12.9. The Morgan fingerprint density at radius 2 is 1.73 bits per heavy atom. The molecular weight excluding hydrogens is 345 g/mol. The van der Waals surface area contributed by atoms with E-state index in [0.29, 0.717) is 12.5 Å². The number of likely N-dealkylation sites (tertiary alicyclic amines) is 1. The molecule has 1 unspecified atom stereocenters. The van der Waals surface area contributed by atoms with E-state index in [-0.39, 0.29) is 17.5 Å². The van der Waals surface area contributed by atoms with Crippen molar-refractivity contribution in [2.24, 2.45) is 5.92 Å². The van der Waals surface area contributed by atoms with Gasteiger partial charge in [-0.25, -0.2) is 0 Å². The van der Waals surface area contributed by atoms with Gasteiger partial charge in [-0.2, -0.15) is 13.2 Å². The molecule has 1 aromatic carbocycles. The smallest absolute Gasteiger partial charge is 0.376 e. The Balaban J connectivity index is 1.53. The van der Waals surface area contributed by atoms with Crippen molar-refractivity contribution < 1.29 is 23.1 Å². The van der Waals surface area contributed by atoms with Gasteiger partial charge in [-0.1, -0.05) is 12.1 Å². The molecule has 1 atom stereocenters. The van der Waals surface area contributed by atoms with E-state index in [1.807, 2.05) is 0 Å². The van der Waals surface area contributed by atoms with E-state index in [0.717, 1.165) is 50.5 Å². The lowest BCUT2D eigenvalue weighted by Gasteiger charge is -2.32. The summed E-state index contributed by atoms with van der Waals surface area (Å²) in [5.74, 6) is 0.567.